The van der Waals surface area contributed by atoms with E-state index in [9.17, 15) is 0 Å². The van der Waals surface area contributed by atoms with Crippen LogP contribution in [0.1, 0.15) is 30.7 Å². The van der Waals surface area contributed by atoms with E-state index >= 15 is 0 Å². The maximum atomic E-state index is 4.35. The van der Waals surface area contributed by atoms with Gasteiger partial charge in [0.2, 0.25) is 0 Å². The molecule has 0 spiro atoms. The molecule has 0 aliphatic rings. The molecule has 0 amide bonds. The number of aromatic nitrogens is 2. The van der Waals surface area contributed by atoms with E-state index in [0.29, 0.717) is 6.04 Å². The van der Waals surface area contributed by atoms with E-state index < -0.39 is 0 Å². The maximum Gasteiger partial charge on any atom is 0.138 e. The van der Waals surface area contributed by atoms with Crippen molar-refractivity contribution < 1.29 is 0 Å². The molecule has 0 saturated carbocycles. The van der Waals surface area contributed by atoms with Crippen molar-refractivity contribution in [3.63, 3.8) is 0 Å². The SMILES string of the molecule is CCC(C)Nc1ncnc2sc(C)c(C)c12. The number of nitrogens with one attached hydrogen (secondary N) is 1. The van der Waals surface area contributed by atoms with Crippen LogP contribution in [0.25, 0.3) is 10.2 Å². The monoisotopic (exact) mass is 235 g/mol. The third kappa shape index (κ3) is 1.89. The third-order valence-electron chi connectivity index (χ3n) is 2.96. The lowest BCUT2D eigenvalue weighted by atomic mass is 10.2. The predicted octanol–water partition coefficient (Wildman–Crippen LogP) is 3.52. The molecule has 0 radical (unpaired) electrons. The minimum atomic E-state index is 0.442. The van der Waals surface area contributed by atoms with Crippen molar-refractivity contribution in [1.82, 2.24) is 9.97 Å². The molecular weight excluding hydrogens is 218 g/mol. The van der Waals surface area contributed by atoms with E-state index in [4.69, 9.17) is 0 Å². The van der Waals surface area contributed by atoms with E-state index in [1.807, 2.05) is 0 Å². The van der Waals surface area contributed by atoms with Crippen molar-refractivity contribution in [3.05, 3.63) is 16.8 Å². The van der Waals surface area contributed by atoms with Crippen LogP contribution in [-0.2, 0) is 0 Å². The van der Waals surface area contributed by atoms with Crippen molar-refractivity contribution in [1.29, 1.82) is 0 Å². The molecule has 0 aromatic carbocycles. The molecule has 2 heterocycles. The number of rotatable bonds is 3. The van der Waals surface area contributed by atoms with Crippen molar-refractivity contribution in [2.24, 2.45) is 0 Å². The normalized spacial score (nSPS) is 13.0. The van der Waals surface area contributed by atoms with Crippen molar-refractivity contribution in [2.45, 2.75) is 40.2 Å². The van der Waals surface area contributed by atoms with Crippen LogP contribution in [0.2, 0.25) is 0 Å². The number of hydrogen-bond donors (Lipinski definition) is 1. The van der Waals surface area contributed by atoms with Gasteiger partial charge in [-0.1, -0.05) is 6.92 Å². The first-order chi connectivity index (χ1) is 7.63. The molecule has 0 saturated heterocycles. The lowest BCUT2D eigenvalue weighted by Gasteiger charge is -2.12. The van der Waals surface area contributed by atoms with Crippen molar-refractivity contribution >= 4 is 27.4 Å². The summed E-state index contributed by atoms with van der Waals surface area (Å²) in [4.78, 5) is 11.1. The second kappa shape index (κ2) is 4.37. The molecule has 1 atom stereocenters. The summed E-state index contributed by atoms with van der Waals surface area (Å²) in [6.07, 6.45) is 2.73. The Hall–Kier alpha value is -1.16. The van der Waals surface area contributed by atoms with Crippen LogP contribution in [0.4, 0.5) is 5.82 Å². The summed E-state index contributed by atoms with van der Waals surface area (Å²) in [6.45, 7) is 8.61. The van der Waals surface area contributed by atoms with Crippen molar-refractivity contribution in [2.75, 3.05) is 5.32 Å². The average Bonchev–Trinajstić information content (AvgIpc) is 2.56. The summed E-state index contributed by atoms with van der Waals surface area (Å²) in [5.74, 6) is 0.973. The fraction of sp³-hybridized carbons (Fsp3) is 0.500. The summed E-state index contributed by atoms with van der Waals surface area (Å²) in [5, 5.41) is 4.63. The van der Waals surface area contributed by atoms with Gasteiger partial charge in [-0.05, 0) is 32.8 Å². The summed E-state index contributed by atoms with van der Waals surface area (Å²) in [6, 6.07) is 0.442. The van der Waals surface area contributed by atoms with Gasteiger partial charge in [0.05, 0.1) is 5.39 Å². The van der Waals surface area contributed by atoms with Crippen LogP contribution in [-0.4, -0.2) is 16.0 Å². The quantitative estimate of drug-likeness (QED) is 0.884. The Kier molecular flexibility index (Phi) is 3.10. The highest BCUT2D eigenvalue weighted by Gasteiger charge is 2.12. The molecule has 2 aromatic heterocycles. The fourth-order valence-electron chi connectivity index (χ4n) is 1.63. The van der Waals surface area contributed by atoms with Gasteiger partial charge in [0, 0.05) is 10.9 Å². The van der Waals surface area contributed by atoms with E-state index in [1.165, 1.54) is 15.8 Å². The Morgan fingerprint density at radius 2 is 2.12 bits per heavy atom. The molecule has 0 aliphatic heterocycles. The first-order valence-electron chi connectivity index (χ1n) is 5.60. The summed E-state index contributed by atoms with van der Waals surface area (Å²) in [5.41, 5.74) is 1.30. The zero-order valence-electron chi connectivity index (χ0n) is 10.2. The van der Waals surface area contributed by atoms with Gasteiger partial charge in [0.15, 0.2) is 0 Å². The van der Waals surface area contributed by atoms with Gasteiger partial charge in [-0.3, -0.25) is 0 Å². The number of fused-ring (bicyclic) bond motifs is 1. The van der Waals surface area contributed by atoms with E-state index in [1.54, 1.807) is 17.7 Å². The van der Waals surface area contributed by atoms with Gasteiger partial charge in [0.1, 0.15) is 17.0 Å². The molecule has 3 nitrogen and oxygen atoms in total. The number of hydrogen-bond acceptors (Lipinski definition) is 4. The van der Waals surface area contributed by atoms with Crippen LogP contribution in [0.5, 0.6) is 0 Å². The molecule has 0 bridgehead atoms. The average molecular weight is 235 g/mol. The fourth-order valence-corrected chi connectivity index (χ4v) is 2.62. The highest BCUT2D eigenvalue weighted by Crippen LogP contribution is 2.32. The molecule has 2 aromatic rings. The van der Waals surface area contributed by atoms with E-state index in [0.717, 1.165) is 17.1 Å². The molecule has 86 valence electrons. The zero-order chi connectivity index (χ0) is 11.7. The van der Waals surface area contributed by atoms with Gasteiger partial charge in [0.25, 0.3) is 0 Å². The summed E-state index contributed by atoms with van der Waals surface area (Å²) in [7, 11) is 0. The second-order valence-electron chi connectivity index (χ2n) is 4.14. The minimum absolute atomic E-state index is 0.442. The molecule has 0 fully saturated rings. The molecule has 16 heavy (non-hydrogen) atoms. The van der Waals surface area contributed by atoms with Crippen LogP contribution in [0, 0.1) is 13.8 Å². The Morgan fingerprint density at radius 1 is 1.38 bits per heavy atom. The molecule has 4 heteroatoms. The van der Waals surface area contributed by atoms with E-state index in [-0.39, 0.29) is 0 Å². The number of anilines is 1. The number of nitrogens with zero attached hydrogens (tertiary/aromatic N) is 2. The van der Waals surface area contributed by atoms with Crippen LogP contribution >= 0.6 is 11.3 Å². The Morgan fingerprint density at radius 3 is 2.81 bits per heavy atom. The second-order valence-corrected chi connectivity index (χ2v) is 5.34. The maximum absolute atomic E-state index is 4.35. The Balaban J connectivity index is 2.52. The van der Waals surface area contributed by atoms with E-state index in [2.05, 4.69) is 43.0 Å². The molecule has 2 rings (SSSR count). The van der Waals surface area contributed by atoms with Gasteiger partial charge in [-0.15, -0.1) is 11.3 Å². The third-order valence-corrected chi connectivity index (χ3v) is 4.08. The molecule has 1 unspecified atom stereocenters. The smallest absolute Gasteiger partial charge is 0.138 e. The number of thiophene rings is 1. The van der Waals surface area contributed by atoms with Crippen LogP contribution in [0.3, 0.4) is 0 Å². The Bertz CT molecular complexity index is 504. The largest absolute Gasteiger partial charge is 0.367 e. The minimum Gasteiger partial charge on any atom is -0.367 e. The van der Waals surface area contributed by atoms with Crippen molar-refractivity contribution in [3.8, 4) is 0 Å². The van der Waals surface area contributed by atoms with Gasteiger partial charge < -0.3 is 5.32 Å². The first-order valence-corrected chi connectivity index (χ1v) is 6.42. The topological polar surface area (TPSA) is 37.8 Å². The highest BCUT2D eigenvalue weighted by molar-refractivity contribution is 7.18. The lowest BCUT2D eigenvalue weighted by Crippen LogP contribution is -2.14. The number of aryl methyl sites for hydroxylation is 2. The van der Waals surface area contributed by atoms with Gasteiger partial charge in [-0.2, -0.15) is 0 Å². The predicted molar refractivity (Wildman–Crippen MR) is 70.3 cm³/mol. The lowest BCUT2D eigenvalue weighted by molar-refractivity contribution is 0.760. The molecule has 1 N–H and O–H groups in total. The first kappa shape index (κ1) is 11.3. The zero-order valence-corrected chi connectivity index (χ0v) is 11.0. The standard InChI is InChI=1S/C12H17N3S/c1-5-7(2)15-11-10-8(3)9(4)16-12(10)14-6-13-11/h6-7H,5H2,1-4H3,(H,13,14,15). The highest BCUT2D eigenvalue weighted by atomic mass is 32.1. The van der Waals surface area contributed by atoms with Crippen LogP contribution < -0.4 is 5.32 Å². The van der Waals surface area contributed by atoms with Crippen LogP contribution in [0.15, 0.2) is 6.33 Å². The molecular formula is C12H17N3S. The summed E-state index contributed by atoms with van der Waals surface area (Å²) >= 11 is 1.74. The molecule has 0 aliphatic carbocycles. The van der Waals surface area contributed by atoms with Gasteiger partial charge in [-0.25, -0.2) is 9.97 Å². The van der Waals surface area contributed by atoms with Gasteiger partial charge >= 0.3 is 0 Å². The summed E-state index contributed by atoms with van der Waals surface area (Å²) < 4.78 is 0. The Labute approximate surface area is 99.9 Å².